The van der Waals surface area contributed by atoms with Crippen LogP contribution in [0.3, 0.4) is 0 Å². The zero-order valence-corrected chi connectivity index (χ0v) is 14.5. The summed E-state index contributed by atoms with van der Waals surface area (Å²) in [5.74, 6) is -0.740. The van der Waals surface area contributed by atoms with Crippen molar-refractivity contribution in [2.75, 3.05) is 0 Å². The van der Waals surface area contributed by atoms with Gasteiger partial charge in [0.15, 0.2) is 0 Å². The van der Waals surface area contributed by atoms with E-state index >= 15 is 0 Å². The van der Waals surface area contributed by atoms with Gasteiger partial charge in [-0.05, 0) is 35.9 Å². The van der Waals surface area contributed by atoms with Gasteiger partial charge in [0.05, 0.1) is 12.1 Å². The van der Waals surface area contributed by atoms with Crippen LogP contribution in [0.25, 0.3) is 0 Å². The van der Waals surface area contributed by atoms with Crippen LogP contribution in [0, 0.1) is 11.6 Å². The molecule has 0 atom stereocenters. The van der Waals surface area contributed by atoms with Crippen LogP contribution < -0.4 is 4.74 Å². The van der Waals surface area contributed by atoms with E-state index < -0.39 is 11.8 Å². The van der Waals surface area contributed by atoms with Gasteiger partial charge in [-0.2, -0.15) is 0 Å². The van der Waals surface area contributed by atoms with Crippen LogP contribution in [0.2, 0.25) is 0 Å². The summed E-state index contributed by atoms with van der Waals surface area (Å²) in [5, 5.41) is 2.47. The summed E-state index contributed by atoms with van der Waals surface area (Å²) >= 11 is 1.37. The third-order valence-electron chi connectivity index (χ3n) is 3.45. The monoisotopic (exact) mass is 375 g/mol. The van der Waals surface area contributed by atoms with Crippen LogP contribution >= 0.6 is 11.3 Å². The Balaban J connectivity index is 1.46. The maximum Gasteiger partial charge on any atom is 0.310 e. The first-order chi connectivity index (χ1) is 12.6. The number of benzene rings is 2. The Labute approximate surface area is 153 Å². The number of carbonyl (C=O) groups excluding carboxylic acids is 1. The highest BCUT2D eigenvalue weighted by molar-refractivity contribution is 7.09. The molecular weight excluding hydrogens is 360 g/mol. The fraction of sp³-hybridized carbons (Fsp3) is 0.158. The molecule has 0 N–H and O–H groups in total. The second-order valence-electron chi connectivity index (χ2n) is 5.40. The van der Waals surface area contributed by atoms with Crippen molar-refractivity contribution in [3.8, 4) is 5.75 Å². The zero-order chi connectivity index (χ0) is 18.4. The number of esters is 1. The molecule has 3 rings (SSSR count). The van der Waals surface area contributed by atoms with Crippen LogP contribution in [0.4, 0.5) is 8.78 Å². The molecule has 134 valence electrons. The number of thiazole rings is 1. The molecule has 3 aromatic rings. The maximum absolute atomic E-state index is 13.5. The lowest BCUT2D eigenvalue weighted by Gasteiger charge is -2.04. The van der Waals surface area contributed by atoms with E-state index in [0.29, 0.717) is 22.0 Å². The Morgan fingerprint density at radius 3 is 2.58 bits per heavy atom. The quantitative estimate of drug-likeness (QED) is 0.578. The number of aromatic nitrogens is 1. The minimum absolute atomic E-state index is 0.0142. The van der Waals surface area contributed by atoms with Gasteiger partial charge in [0, 0.05) is 5.38 Å². The molecule has 0 aliphatic carbocycles. The molecule has 0 saturated heterocycles. The minimum atomic E-state index is -0.521. The summed E-state index contributed by atoms with van der Waals surface area (Å²) in [5.41, 5.74) is 0.888. The van der Waals surface area contributed by atoms with E-state index in [-0.39, 0.29) is 25.5 Å². The lowest BCUT2D eigenvalue weighted by atomic mass is 10.1. The molecule has 1 heterocycles. The Hall–Kier alpha value is -2.80. The predicted octanol–water partition coefficient (Wildman–Crippen LogP) is 4.29. The van der Waals surface area contributed by atoms with Crippen molar-refractivity contribution in [1.82, 2.24) is 4.98 Å². The lowest BCUT2D eigenvalue weighted by Crippen LogP contribution is -2.09. The molecule has 0 aliphatic heterocycles. The molecule has 0 saturated carbocycles. The van der Waals surface area contributed by atoms with Crippen molar-refractivity contribution >= 4 is 17.3 Å². The Morgan fingerprint density at radius 2 is 1.81 bits per heavy atom. The highest BCUT2D eigenvalue weighted by Crippen LogP contribution is 2.16. The standard InChI is InChI=1S/C19H15F2NO3S/c20-14-5-7-16(8-6-14)24-11-18-22-15(12-26-18)10-25-19(23)9-13-3-1-2-4-17(13)21/h1-8,12H,9-11H2. The molecule has 26 heavy (non-hydrogen) atoms. The van der Waals surface area contributed by atoms with Gasteiger partial charge in [-0.15, -0.1) is 11.3 Å². The Kier molecular flexibility index (Phi) is 5.91. The van der Waals surface area contributed by atoms with Crippen LogP contribution in [-0.2, 0) is 29.2 Å². The van der Waals surface area contributed by atoms with Crippen molar-refractivity contribution in [2.24, 2.45) is 0 Å². The molecular formula is C19H15F2NO3S. The van der Waals surface area contributed by atoms with Gasteiger partial charge in [-0.25, -0.2) is 13.8 Å². The molecule has 0 spiro atoms. The molecule has 0 unspecified atom stereocenters. The number of hydrogen-bond donors (Lipinski definition) is 0. The van der Waals surface area contributed by atoms with E-state index in [2.05, 4.69) is 4.98 Å². The first-order valence-electron chi connectivity index (χ1n) is 7.81. The van der Waals surface area contributed by atoms with Gasteiger partial charge < -0.3 is 9.47 Å². The highest BCUT2D eigenvalue weighted by Gasteiger charge is 2.10. The smallest absolute Gasteiger partial charge is 0.310 e. The fourth-order valence-corrected chi connectivity index (χ4v) is 2.85. The van der Waals surface area contributed by atoms with E-state index in [4.69, 9.17) is 9.47 Å². The van der Waals surface area contributed by atoms with Crippen LogP contribution in [0.1, 0.15) is 16.3 Å². The Morgan fingerprint density at radius 1 is 1.04 bits per heavy atom. The van der Waals surface area contributed by atoms with E-state index in [1.165, 1.54) is 41.7 Å². The molecule has 0 amide bonds. The molecule has 1 aromatic heterocycles. The van der Waals surface area contributed by atoms with Gasteiger partial charge in [-0.3, -0.25) is 4.79 Å². The van der Waals surface area contributed by atoms with Crippen LogP contribution in [0.15, 0.2) is 53.9 Å². The molecule has 4 nitrogen and oxygen atoms in total. The number of halogens is 2. The van der Waals surface area contributed by atoms with Gasteiger partial charge >= 0.3 is 5.97 Å². The van der Waals surface area contributed by atoms with E-state index in [1.807, 2.05) is 0 Å². The topological polar surface area (TPSA) is 48.4 Å². The van der Waals surface area contributed by atoms with Crippen molar-refractivity contribution in [3.05, 3.63) is 81.8 Å². The number of hydrogen-bond acceptors (Lipinski definition) is 5. The van der Waals surface area contributed by atoms with E-state index in [9.17, 15) is 13.6 Å². The minimum Gasteiger partial charge on any atom is -0.486 e. The molecule has 0 fully saturated rings. The van der Waals surface area contributed by atoms with Crippen LogP contribution in [0.5, 0.6) is 5.75 Å². The average Bonchev–Trinajstić information content (AvgIpc) is 3.09. The fourth-order valence-electron chi connectivity index (χ4n) is 2.16. The van der Waals surface area contributed by atoms with Crippen molar-refractivity contribution in [1.29, 1.82) is 0 Å². The number of ether oxygens (including phenoxy) is 2. The van der Waals surface area contributed by atoms with Gasteiger partial charge in [0.1, 0.15) is 35.6 Å². The Bertz CT molecular complexity index is 881. The van der Waals surface area contributed by atoms with Gasteiger partial charge in [0.2, 0.25) is 0 Å². The van der Waals surface area contributed by atoms with E-state index in [0.717, 1.165) is 0 Å². The average molecular weight is 375 g/mol. The van der Waals surface area contributed by atoms with Gasteiger partial charge in [0.25, 0.3) is 0 Å². The molecule has 0 aliphatic rings. The van der Waals surface area contributed by atoms with Crippen molar-refractivity contribution in [3.63, 3.8) is 0 Å². The number of carbonyl (C=O) groups is 1. The summed E-state index contributed by atoms with van der Waals surface area (Å²) < 4.78 is 37.0. The molecule has 0 bridgehead atoms. The summed E-state index contributed by atoms with van der Waals surface area (Å²) in [6, 6.07) is 11.8. The van der Waals surface area contributed by atoms with Crippen LogP contribution in [-0.4, -0.2) is 11.0 Å². The number of nitrogens with zero attached hydrogens (tertiary/aromatic N) is 1. The summed E-state index contributed by atoms with van der Waals surface area (Å²) in [6.07, 6.45) is -0.128. The van der Waals surface area contributed by atoms with Crippen molar-refractivity contribution in [2.45, 2.75) is 19.6 Å². The second-order valence-corrected chi connectivity index (χ2v) is 6.35. The second kappa shape index (κ2) is 8.53. The summed E-state index contributed by atoms with van der Waals surface area (Å²) in [6.45, 7) is 0.250. The predicted molar refractivity (Wildman–Crippen MR) is 92.7 cm³/mol. The third kappa shape index (κ3) is 5.10. The van der Waals surface area contributed by atoms with E-state index in [1.54, 1.807) is 23.6 Å². The van der Waals surface area contributed by atoms with Gasteiger partial charge in [-0.1, -0.05) is 18.2 Å². The largest absolute Gasteiger partial charge is 0.486 e. The maximum atomic E-state index is 13.5. The molecule has 0 radical (unpaired) electrons. The first kappa shape index (κ1) is 18.0. The SMILES string of the molecule is O=C(Cc1ccccc1F)OCc1csc(COc2ccc(F)cc2)n1. The lowest BCUT2D eigenvalue weighted by molar-refractivity contribution is -0.144. The summed E-state index contributed by atoms with van der Waals surface area (Å²) in [4.78, 5) is 16.1. The number of rotatable bonds is 7. The third-order valence-corrected chi connectivity index (χ3v) is 4.32. The molecule has 7 heteroatoms. The summed E-state index contributed by atoms with van der Waals surface area (Å²) in [7, 11) is 0. The first-order valence-corrected chi connectivity index (χ1v) is 8.69. The zero-order valence-electron chi connectivity index (χ0n) is 13.7. The van der Waals surface area contributed by atoms with Crippen molar-refractivity contribution < 1.29 is 23.0 Å². The normalized spacial score (nSPS) is 10.5. The highest BCUT2D eigenvalue weighted by atomic mass is 32.1. The molecule has 2 aromatic carbocycles.